The van der Waals surface area contributed by atoms with Gasteiger partial charge in [-0.1, -0.05) is 54.9 Å². The molecule has 3 saturated carbocycles. The molecule has 3 unspecified atom stereocenters. The van der Waals surface area contributed by atoms with Crippen molar-refractivity contribution in [2.45, 2.75) is 81.6 Å². The second-order valence-electron chi connectivity index (χ2n) is 14.5. The van der Waals surface area contributed by atoms with Crippen LogP contribution in [0.15, 0.2) is 70.9 Å². The van der Waals surface area contributed by atoms with Crippen LogP contribution >= 0.6 is 11.8 Å². The van der Waals surface area contributed by atoms with Gasteiger partial charge in [-0.25, -0.2) is 4.99 Å². The van der Waals surface area contributed by atoms with Crippen molar-refractivity contribution in [2.75, 3.05) is 27.9 Å². The van der Waals surface area contributed by atoms with Gasteiger partial charge in [0.2, 0.25) is 0 Å². The number of carbonyl (C=O) groups is 1. The summed E-state index contributed by atoms with van der Waals surface area (Å²) in [5.74, 6) is 4.53. The molecule has 8 rings (SSSR count). The van der Waals surface area contributed by atoms with Gasteiger partial charge in [0.05, 0.1) is 20.3 Å². The molecule has 1 aliphatic heterocycles. The summed E-state index contributed by atoms with van der Waals surface area (Å²) in [6, 6.07) is 15.3. The number of hydrogen-bond donors (Lipinski definition) is 0. The molecule has 0 bridgehead atoms. The van der Waals surface area contributed by atoms with Crippen LogP contribution in [-0.4, -0.2) is 50.0 Å². The van der Waals surface area contributed by atoms with Gasteiger partial charge in [0.1, 0.15) is 11.5 Å². The van der Waals surface area contributed by atoms with Crippen LogP contribution in [0.2, 0.25) is 0 Å². The van der Waals surface area contributed by atoms with Crippen LogP contribution in [0.5, 0.6) is 5.75 Å². The van der Waals surface area contributed by atoms with Crippen molar-refractivity contribution in [3.05, 3.63) is 88.2 Å². The first kappa shape index (κ1) is 30.3. The summed E-state index contributed by atoms with van der Waals surface area (Å²) in [5, 5.41) is 0.851. The number of ether oxygens (including phenoxy) is 3. The Morgan fingerprint density at radius 2 is 1.85 bits per heavy atom. The van der Waals surface area contributed by atoms with Crippen molar-refractivity contribution in [1.29, 1.82) is 0 Å². The zero-order chi connectivity index (χ0) is 31.5. The van der Waals surface area contributed by atoms with Gasteiger partial charge in [-0.15, -0.1) is 0 Å². The van der Waals surface area contributed by atoms with E-state index in [0.717, 1.165) is 78.9 Å². The molecule has 46 heavy (non-hydrogen) atoms. The summed E-state index contributed by atoms with van der Waals surface area (Å²) in [6.07, 6.45) is 15.6. The second-order valence-corrected chi connectivity index (χ2v) is 15.4. The molecule has 7 heteroatoms. The van der Waals surface area contributed by atoms with Crippen LogP contribution in [0.3, 0.4) is 0 Å². The Bertz CT molecular complexity index is 1620. The SMILES string of the molecule is COC1=CC2CC2C(CN2C(=O)C3(N=C2SCc2cccc(OC)c2)c2cc(CCC4CC4)ccc2CC32CCC(OC)CC2)=C1. The van der Waals surface area contributed by atoms with E-state index in [-0.39, 0.29) is 17.4 Å². The van der Waals surface area contributed by atoms with Gasteiger partial charge in [-0.05, 0) is 121 Å². The Balaban J connectivity index is 1.20. The standard InChI is InChI=1S/C39H46N2O4S/c1-43-31-13-15-38(16-14-31)22-28-12-11-26(10-9-25-7-8-25)18-35(28)39(38)36(42)41(23-30-20-33(45-3)19-29-21-34(29)30)37(40-39)46-24-27-5-4-6-32(17-27)44-2/h4-6,11-12,17-20,25,29,31,34H,7-10,13-16,21-24H2,1-3H3. The Kier molecular flexibility index (Phi) is 7.84. The Labute approximate surface area is 277 Å². The lowest BCUT2D eigenvalue weighted by molar-refractivity contribution is -0.137. The monoisotopic (exact) mass is 638 g/mol. The second kappa shape index (κ2) is 11.9. The number of allylic oxidation sites excluding steroid dienone is 2. The van der Waals surface area contributed by atoms with Crippen molar-refractivity contribution in [3.63, 3.8) is 0 Å². The molecule has 0 aromatic heterocycles. The number of amidine groups is 1. The van der Waals surface area contributed by atoms with Gasteiger partial charge in [-0.2, -0.15) is 0 Å². The van der Waals surface area contributed by atoms with Crippen LogP contribution in [0.25, 0.3) is 0 Å². The summed E-state index contributed by atoms with van der Waals surface area (Å²) >= 11 is 1.69. The molecule has 1 amide bonds. The number of amides is 1. The third-order valence-electron chi connectivity index (χ3n) is 11.8. The highest BCUT2D eigenvalue weighted by Gasteiger charge is 2.67. The summed E-state index contributed by atoms with van der Waals surface area (Å²) in [6.45, 7) is 0.569. The predicted molar refractivity (Wildman–Crippen MR) is 183 cm³/mol. The number of thioether (sulfide) groups is 1. The molecule has 1 heterocycles. The molecule has 0 N–H and O–H groups in total. The predicted octanol–water partition coefficient (Wildman–Crippen LogP) is 7.60. The average Bonchev–Trinajstić information content (AvgIpc) is 4.02. The largest absolute Gasteiger partial charge is 0.497 e. The van der Waals surface area contributed by atoms with Crippen LogP contribution in [0, 0.1) is 23.2 Å². The first-order chi connectivity index (χ1) is 22.4. The van der Waals surface area contributed by atoms with Gasteiger partial charge < -0.3 is 14.2 Å². The third-order valence-corrected chi connectivity index (χ3v) is 12.8. The number of fused-ring (bicyclic) bond motifs is 4. The van der Waals surface area contributed by atoms with Crippen molar-refractivity contribution in [1.82, 2.24) is 4.90 Å². The molecule has 242 valence electrons. The number of carbonyl (C=O) groups excluding carboxylic acids is 1. The number of rotatable bonds is 10. The average molecular weight is 639 g/mol. The van der Waals surface area contributed by atoms with Gasteiger partial charge in [0.25, 0.3) is 5.91 Å². The van der Waals surface area contributed by atoms with Gasteiger partial charge >= 0.3 is 0 Å². The topological polar surface area (TPSA) is 60.4 Å². The minimum Gasteiger partial charge on any atom is -0.497 e. The molecule has 2 aromatic rings. The summed E-state index contributed by atoms with van der Waals surface area (Å²) in [5.41, 5.74) is 5.14. The number of methoxy groups -OCH3 is 3. The number of hydrogen-bond acceptors (Lipinski definition) is 6. The first-order valence-corrected chi connectivity index (χ1v) is 18.2. The first-order valence-electron chi connectivity index (χ1n) is 17.2. The maximum absolute atomic E-state index is 15.4. The molecular formula is C39H46N2O4S. The highest BCUT2D eigenvalue weighted by atomic mass is 32.2. The van der Waals surface area contributed by atoms with E-state index in [1.807, 2.05) is 19.2 Å². The van der Waals surface area contributed by atoms with Crippen LogP contribution < -0.4 is 4.74 Å². The van der Waals surface area contributed by atoms with Crippen LogP contribution in [0.4, 0.5) is 0 Å². The van der Waals surface area contributed by atoms with Crippen LogP contribution in [-0.2, 0) is 38.4 Å². The maximum Gasteiger partial charge on any atom is 0.262 e. The van der Waals surface area contributed by atoms with E-state index in [1.165, 1.54) is 41.5 Å². The number of nitrogens with zero attached hydrogens (tertiary/aromatic N) is 2. The minimum absolute atomic E-state index is 0.168. The fourth-order valence-electron chi connectivity index (χ4n) is 8.80. The molecular weight excluding hydrogens is 593 g/mol. The quantitative estimate of drug-likeness (QED) is 0.268. The normalized spacial score (nSPS) is 31.0. The summed E-state index contributed by atoms with van der Waals surface area (Å²) in [4.78, 5) is 23.2. The number of aryl methyl sites for hydroxylation is 1. The molecule has 6 nitrogen and oxygen atoms in total. The Morgan fingerprint density at radius 3 is 2.61 bits per heavy atom. The fourth-order valence-corrected chi connectivity index (χ4v) is 9.78. The number of aliphatic imine (C=N–C) groups is 1. The van der Waals surface area contributed by atoms with Crippen molar-refractivity contribution in [3.8, 4) is 5.75 Å². The number of benzene rings is 2. The molecule has 3 fully saturated rings. The van der Waals surface area contributed by atoms with E-state index in [0.29, 0.717) is 18.4 Å². The molecule has 0 radical (unpaired) electrons. The lowest BCUT2D eigenvalue weighted by atomic mass is 9.61. The molecule has 6 aliphatic rings. The highest BCUT2D eigenvalue weighted by Crippen LogP contribution is 2.63. The lowest BCUT2D eigenvalue weighted by Gasteiger charge is -2.45. The van der Waals surface area contributed by atoms with Gasteiger partial charge in [0.15, 0.2) is 10.7 Å². The zero-order valence-electron chi connectivity index (χ0n) is 27.4. The lowest BCUT2D eigenvalue weighted by Crippen LogP contribution is -2.52. The van der Waals surface area contributed by atoms with E-state index in [2.05, 4.69) is 47.4 Å². The van der Waals surface area contributed by atoms with Gasteiger partial charge in [-0.3, -0.25) is 9.69 Å². The van der Waals surface area contributed by atoms with E-state index in [4.69, 9.17) is 19.2 Å². The molecule has 2 aromatic carbocycles. The smallest absolute Gasteiger partial charge is 0.262 e. The summed E-state index contributed by atoms with van der Waals surface area (Å²) < 4.78 is 17.1. The van der Waals surface area contributed by atoms with Crippen molar-refractivity contribution < 1.29 is 19.0 Å². The Hall–Kier alpha value is -3.03. The fraction of sp³-hybridized carbons (Fsp3) is 0.538. The van der Waals surface area contributed by atoms with E-state index >= 15 is 4.79 Å². The zero-order valence-corrected chi connectivity index (χ0v) is 28.2. The minimum atomic E-state index is -0.897. The molecule has 0 saturated heterocycles. The van der Waals surface area contributed by atoms with Crippen molar-refractivity contribution >= 4 is 22.8 Å². The van der Waals surface area contributed by atoms with Crippen molar-refractivity contribution in [2.24, 2.45) is 28.2 Å². The van der Waals surface area contributed by atoms with Crippen LogP contribution in [0.1, 0.15) is 73.6 Å². The molecule has 2 spiro atoms. The van der Waals surface area contributed by atoms with E-state index in [1.54, 1.807) is 26.0 Å². The molecule has 3 atom stereocenters. The molecule has 5 aliphatic carbocycles. The van der Waals surface area contributed by atoms with Gasteiger partial charge in [0, 0.05) is 24.8 Å². The van der Waals surface area contributed by atoms with E-state index < -0.39 is 5.54 Å². The van der Waals surface area contributed by atoms with E-state index in [9.17, 15) is 0 Å². The third kappa shape index (κ3) is 5.22. The maximum atomic E-state index is 15.4. The highest BCUT2D eigenvalue weighted by molar-refractivity contribution is 8.13. The Morgan fingerprint density at radius 1 is 1.00 bits per heavy atom. The summed E-state index contributed by atoms with van der Waals surface area (Å²) in [7, 11) is 5.27.